The first-order chi connectivity index (χ1) is 16.2. The minimum absolute atomic E-state index is 0.186. The molecular formula is C26H24N6O. The van der Waals surface area contributed by atoms with Gasteiger partial charge in [0, 0.05) is 55.4 Å². The largest absolute Gasteiger partial charge is 0.383 e. The summed E-state index contributed by atoms with van der Waals surface area (Å²) in [5.74, 6) is 0.715. The highest BCUT2D eigenvalue weighted by Gasteiger charge is 2.23. The second kappa shape index (κ2) is 9.18. The molecule has 1 unspecified atom stereocenters. The van der Waals surface area contributed by atoms with Gasteiger partial charge in [-0.05, 0) is 29.8 Å². The van der Waals surface area contributed by atoms with E-state index < -0.39 is 0 Å². The van der Waals surface area contributed by atoms with Gasteiger partial charge in [0.05, 0.1) is 5.56 Å². The number of ketones is 1. The molecule has 3 aromatic heterocycles. The number of aromatic nitrogens is 3. The number of carbonyl (C=O) groups is 1. The molecule has 1 fully saturated rings. The van der Waals surface area contributed by atoms with Crippen LogP contribution in [0.2, 0.25) is 0 Å². The molecule has 7 nitrogen and oxygen atoms in total. The van der Waals surface area contributed by atoms with Crippen molar-refractivity contribution in [3.05, 3.63) is 102 Å². The molecule has 0 bridgehead atoms. The van der Waals surface area contributed by atoms with E-state index in [2.05, 4.69) is 32.3 Å². The highest BCUT2D eigenvalue weighted by atomic mass is 16.1. The van der Waals surface area contributed by atoms with Crippen LogP contribution in [0.4, 0.5) is 11.6 Å². The summed E-state index contributed by atoms with van der Waals surface area (Å²) in [6.07, 6.45) is 5.08. The van der Waals surface area contributed by atoms with Gasteiger partial charge in [-0.2, -0.15) is 0 Å². The highest BCUT2D eigenvalue weighted by molar-refractivity contribution is 6.11. The lowest BCUT2D eigenvalue weighted by Crippen LogP contribution is -2.46. The molecule has 33 heavy (non-hydrogen) atoms. The van der Waals surface area contributed by atoms with Crippen LogP contribution in [0.15, 0.2) is 85.3 Å². The van der Waals surface area contributed by atoms with Gasteiger partial charge in [-0.15, -0.1) is 0 Å². The molecule has 1 atom stereocenters. The van der Waals surface area contributed by atoms with Gasteiger partial charge in [0.2, 0.25) is 5.78 Å². The predicted octanol–water partition coefficient (Wildman–Crippen LogP) is 3.50. The zero-order valence-corrected chi connectivity index (χ0v) is 18.1. The maximum Gasteiger partial charge on any atom is 0.215 e. The minimum Gasteiger partial charge on any atom is -0.383 e. The van der Waals surface area contributed by atoms with Crippen LogP contribution in [0, 0.1) is 0 Å². The maximum atomic E-state index is 13.3. The first-order valence-electron chi connectivity index (χ1n) is 10.9. The molecule has 5 rings (SSSR count). The lowest BCUT2D eigenvalue weighted by molar-refractivity contribution is 0.103. The van der Waals surface area contributed by atoms with Crippen molar-refractivity contribution in [1.82, 2.24) is 20.3 Å². The summed E-state index contributed by atoms with van der Waals surface area (Å²) < 4.78 is 0. The average molecular weight is 437 g/mol. The van der Waals surface area contributed by atoms with Gasteiger partial charge in [-0.25, -0.2) is 9.97 Å². The molecule has 4 aromatic rings. The Labute approximate surface area is 192 Å². The molecule has 7 heteroatoms. The number of nitrogen functional groups attached to an aromatic ring is 1. The van der Waals surface area contributed by atoms with E-state index in [1.807, 2.05) is 42.5 Å². The van der Waals surface area contributed by atoms with Crippen LogP contribution < -0.4 is 16.0 Å². The van der Waals surface area contributed by atoms with Gasteiger partial charge in [-0.1, -0.05) is 42.5 Å². The molecule has 0 saturated carbocycles. The second-order valence-electron chi connectivity index (χ2n) is 7.97. The van der Waals surface area contributed by atoms with Crippen molar-refractivity contribution in [2.45, 2.75) is 6.04 Å². The number of hydrogen-bond donors (Lipinski definition) is 2. The fourth-order valence-electron chi connectivity index (χ4n) is 4.08. The van der Waals surface area contributed by atoms with Crippen LogP contribution in [0.1, 0.15) is 27.7 Å². The van der Waals surface area contributed by atoms with Crippen molar-refractivity contribution in [3.63, 3.8) is 0 Å². The number of nitrogens with zero attached hydrogens (tertiary/aromatic N) is 4. The lowest BCUT2D eigenvalue weighted by atomic mass is 10.0. The average Bonchev–Trinajstić information content (AvgIpc) is 2.90. The van der Waals surface area contributed by atoms with E-state index in [1.54, 1.807) is 30.7 Å². The standard InChI is InChI=1S/C26H24N6O/c27-26-21(14-20(16-30-26)19-8-5-11-28-15-19)25(33)22-9-4-10-24(31-22)32-13-12-29-23(17-32)18-6-2-1-3-7-18/h1-11,14-16,23,29H,12-13,17H2,(H2,27,30). The fraction of sp³-hybridized carbons (Fsp3) is 0.154. The molecule has 1 saturated heterocycles. The van der Waals surface area contributed by atoms with Crippen LogP contribution in [0.25, 0.3) is 11.1 Å². The van der Waals surface area contributed by atoms with Crippen molar-refractivity contribution in [2.75, 3.05) is 30.3 Å². The molecule has 0 spiro atoms. The Bertz CT molecular complexity index is 1260. The Balaban J connectivity index is 1.41. The molecule has 1 aliphatic rings. The third-order valence-electron chi connectivity index (χ3n) is 5.83. The van der Waals surface area contributed by atoms with E-state index in [0.29, 0.717) is 11.3 Å². The minimum atomic E-state index is -0.248. The van der Waals surface area contributed by atoms with Crippen LogP contribution in [0.3, 0.4) is 0 Å². The third kappa shape index (κ3) is 4.44. The van der Waals surface area contributed by atoms with E-state index in [4.69, 9.17) is 10.7 Å². The van der Waals surface area contributed by atoms with Gasteiger partial charge in [0.1, 0.15) is 17.3 Å². The monoisotopic (exact) mass is 436 g/mol. The van der Waals surface area contributed by atoms with E-state index in [0.717, 1.165) is 36.6 Å². The number of nitrogens with two attached hydrogens (primary N) is 1. The molecule has 0 amide bonds. The fourth-order valence-corrected chi connectivity index (χ4v) is 4.08. The second-order valence-corrected chi connectivity index (χ2v) is 7.97. The molecule has 1 aliphatic heterocycles. The van der Waals surface area contributed by atoms with E-state index in [-0.39, 0.29) is 17.6 Å². The Morgan fingerprint density at radius 2 is 1.88 bits per heavy atom. The number of pyridine rings is 3. The van der Waals surface area contributed by atoms with Gasteiger partial charge < -0.3 is 16.0 Å². The van der Waals surface area contributed by atoms with Crippen LogP contribution in [-0.4, -0.2) is 40.4 Å². The Kier molecular flexibility index (Phi) is 5.78. The highest BCUT2D eigenvalue weighted by Crippen LogP contribution is 2.25. The van der Waals surface area contributed by atoms with Crippen molar-refractivity contribution >= 4 is 17.4 Å². The molecule has 164 valence electrons. The normalized spacial score (nSPS) is 15.9. The summed E-state index contributed by atoms with van der Waals surface area (Å²) in [4.78, 5) is 28.6. The Morgan fingerprint density at radius 3 is 2.70 bits per heavy atom. The van der Waals surface area contributed by atoms with Gasteiger partial charge in [-0.3, -0.25) is 9.78 Å². The summed E-state index contributed by atoms with van der Waals surface area (Å²) in [6.45, 7) is 2.42. The van der Waals surface area contributed by atoms with Crippen LogP contribution in [0.5, 0.6) is 0 Å². The zero-order valence-electron chi connectivity index (χ0n) is 18.1. The van der Waals surface area contributed by atoms with Crippen LogP contribution >= 0.6 is 0 Å². The van der Waals surface area contributed by atoms with Crippen molar-refractivity contribution in [2.24, 2.45) is 0 Å². The first-order valence-corrected chi connectivity index (χ1v) is 10.9. The van der Waals surface area contributed by atoms with Gasteiger partial charge >= 0.3 is 0 Å². The quantitative estimate of drug-likeness (QED) is 0.462. The SMILES string of the molecule is Nc1ncc(-c2cccnc2)cc1C(=O)c1cccc(N2CCNC(c3ccccc3)C2)n1. The molecule has 0 radical (unpaired) electrons. The van der Waals surface area contributed by atoms with E-state index in [9.17, 15) is 4.79 Å². The summed E-state index contributed by atoms with van der Waals surface area (Å²) in [5.41, 5.74) is 9.65. The van der Waals surface area contributed by atoms with Crippen molar-refractivity contribution < 1.29 is 4.79 Å². The lowest BCUT2D eigenvalue weighted by Gasteiger charge is -2.35. The van der Waals surface area contributed by atoms with Crippen molar-refractivity contribution in [1.29, 1.82) is 0 Å². The summed E-state index contributed by atoms with van der Waals surface area (Å²) in [7, 11) is 0. The number of benzene rings is 1. The summed E-state index contributed by atoms with van der Waals surface area (Å²) >= 11 is 0. The van der Waals surface area contributed by atoms with Crippen LogP contribution in [-0.2, 0) is 0 Å². The molecule has 3 N–H and O–H groups in total. The van der Waals surface area contributed by atoms with E-state index >= 15 is 0 Å². The predicted molar refractivity (Wildman–Crippen MR) is 129 cm³/mol. The topological polar surface area (TPSA) is 97.0 Å². The maximum absolute atomic E-state index is 13.3. The molecule has 1 aromatic carbocycles. The summed E-state index contributed by atoms with van der Waals surface area (Å²) in [6, 6.07) is 21.6. The third-order valence-corrected chi connectivity index (χ3v) is 5.83. The molecule has 4 heterocycles. The number of piperazine rings is 1. The first kappa shape index (κ1) is 20.8. The van der Waals surface area contributed by atoms with E-state index in [1.165, 1.54) is 5.56 Å². The Morgan fingerprint density at radius 1 is 1.00 bits per heavy atom. The number of nitrogens with one attached hydrogen (secondary N) is 1. The number of rotatable bonds is 5. The summed E-state index contributed by atoms with van der Waals surface area (Å²) in [5, 5.41) is 3.56. The number of anilines is 2. The smallest absolute Gasteiger partial charge is 0.215 e. The molecular weight excluding hydrogens is 412 g/mol. The van der Waals surface area contributed by atoms with Crippen molar-refractivity contribution in [3.8, 4) is 11.1 Å². The number of hydrogen-bond acceptors (Lipinski definition) is 7. The van der Waals surface area contributed by atoms with Gasteiger partial charge in [0.25, 0.3) is 0 Å². The molecule has 0 aliphatic carbocycles. The van der Waals surface area contributed by atoms with Gasteiger partial charge in [0.15, 0.2) is 0 Å². The number of carbonyl (C=O) groups excluding carboxylic acids is 1. The zero-order chi connectivity index (χ0) is 22.6. The Hall–Kier alpha value is -4.10.